The summed E-state index contributed by atoms with van der Waals surface area (Å²) in [6.07, 6.45) is 6.96. The molecule has 2 aromatic heterocycles. The Bertz CT molecular complexity index is 1420. The lowest BCUT2D eigenvalue weighted by Crippen LogP contribution is -2.35. The number of nitrogens with one attached hydrogen (secondary N) is 1. The van der Waals surface area contributed by atoms with E-state index < -0.39 is 6.17 Å². The third-order valence-electron chi connectivity index (χ3n) is 7.79. The molecule has 2 aliphatic heterocycles. The molecule has 4 heterocycles. The van der Waals surface area contributed by atoms with Crippen LogP contribution in [0.25, 0.3) is 26.4 Å². The Morgan fingerprint density at radius 1 is 1.11 bits per heavy atom. The van der Waals surface area contributed by atoms with E-state index >= 15 is 0 Å². The van der Waals surface area contributed by atoms with E-state index in [1.165, 1.54) is 11.3 Å². The second-order valence-corrected chi connectivity index (χ2v) is 11.4. The second-order valence-electron chi connectivity index (χ2n) is 10.3. The molecule has 8 heteroatoms. The molecule has 1 atom stereocenters. The van der Waals surface area contributed by atoms with E-state index in [2.05, 4.69) is 10.2 Å². The van der Waals surface area contributed by atoms with E-state index in [1.54, 1.807) is 6.07 Å². The zero-order valence-electron chi connectivity index (χ0n) is 20.9. The number of unbranched alkanes of at least 4 members (excludes halogenated alkanes) is 1. The fourth-order valence-electron chi connectivity index (χ4n) is 5.62. The maximum Gasteiger partial charge on any atom is 0.195 e. The molecule has 5 nitrogen and oxygen atoms in total. The number of Topliss-reactive ketones (excluding diaryl/α,β-unsaturated/α-hetero) is 1. The number of alkyl halides is 1. The highest BCUT2D eigenvalue weighted by Crippen LogP contribution is 2.33. The summed E-state index contributed by atoms with van der Waals surface area (Å²) in [6, 6.07) is 11.5. The van der Waals surface area contributed by atoms with E-state index in [4.69, 9.17) is 4.98 Å². The number of carbonyl (C=O) groups is 1. The van der Waals surface area contributed by atoms with Crippen LogP contribution >= 0.6 is 11.3 Å². The molecule has 2 fully saturated rings. The number of nitrogens with zero attached hydrogens (tertiary/aromatic N) is 3. The van der Waals surface area contributed by atoms with Crippen molar-refractivity contribution in [3.63, 3.8) is 0 Å². The van der Waals surface area contributed by atoms with Crippen molar-refractivity contribution in [2.45, 2.75) is 57.2 Å². The summed E-state index contributed by atoms with van der Waals surface area (Å²) in [5.74, 6) is -0.101. The molecule has 0 radical (unpaired) electrons. The van der Waals surface area contributed by atoms with Crippen molar-refractivity contribution in [2.24, 2.45) is 0 Å². The van der Waals surface area contributed by atoms with Crippen LogP contribution < -0.4 is 5.32 Å². The Morgan fingerprint density at radius 3 is 2.76 bits per heavy atom. The average molecular weight is 523 g/mol. The molecule has 6 rings (SSSR count). The van der Waals surface area contributed by atoms with Gasteiger partial charge in [0.1, 0.15) is 12.0 Å². The number of thiazole rings is 1. The van der Waals surface area contributed by atoms with Crippen LogP contribution in [0.4, 0.5) is 8.78 Å². The van der Waals surface area contributed by atoms with E-state index in [0.29, 0.717) is 30.5 Å². The highest BCUT2D eigenvalue weighted by molar-refractivity contribution is 7.23. The Kier molecular flexibility index (Phi) is 7.06. The number of benzene rings is 2. The Balaban J connectivity index is 1.12. The van der Waals surface area contributed by atoms with Gasteiger partial charge in [0.25, 0.3) is 0 Å². The van der Waals surface area contributed by atoms with Gasteiger partial charge in [0, 0.05) is 42.9 Å². The number of carbonyl (C=O) groups excluding carboxylic acids is 1. The van der Waals surface area contributed by atoms with Gasteiger partial charge >= 0.3 is 0 Å². The first kappa shape index (κ1) is 24.6. The monoisotopic (exact) mass is 522 g/mol. The molecule has 0 spiro atoms. The van der Waals surface area contributed by atoms with Gasteiger partial charge in [0.2, 0.25) is 0 Å². The number of aromatic nitrogens is 2. The van der Waals surface area contributed by atoms with Gasteiger partial charge in [-0.15, -0.1) is 0 Å². The number of halogens is 2. The van der Waals surface area contributed by atoms with Crippen molar-refractivity contribution in [3.8, 4) is 11.3 Å². The summed E-state index contributed by atoms with van der Waals surface area (Å²) in [4.78, 5) is 20.6. The van der Waals surface area contributed by atoms with Gasteiger partial charge in [0.05, 0.1) is 15.9 Å². The predicted molar refractivity (Wildman–Crippen MR) is 145 cm³/mol. The maximum absolute atomic E-state index is 15.0. The first-order valence-corrected chi connectivity index (χ1v) is 14.2. The van der Waals surface area contributed by atoms with Gasteiger partial charge in [0.15, 0.2) is 10.7 Å². The van der Waals surface area contributed by atoms with Crippen molar-refractivity contribution in [1.29, 1.82) is 0 Å². The van der Waals surface area contributed by atoms with Crippen LogP contribution in [0.15, 0.2) is 42.6 Å². The van der Waals surface area contributed by atoms with E-state index in [0.717, 1.165) is 78.2 Å². The van der Waals surface area contributed by atoms with Crippen LogP contribution in [0.2, 0.25) is 0 Å². The van der Waals surface area contributed by atoms with E-state index in [9.17, 15) is 13.6 Å². The first-order chi connectivity index (χ1) is 18.0. The minimum absolute atomic E-state index is 0.148. The molecule has 0 bridgehead atoms. The van der Waals surface area contributed by atoms with Crippen LogP contribution in [0.5, 0.6) is 0 Å². The predicted octanol–water partition coefficient (Wildman–Crippen LogP) is 6.57. The first-order valence-electron chi connectivity index (χ1n) is 13.4. The third kappa shape index (κ3) is 5.19. The molecule has 0 saturated carbocycles. The van der Waals surface area contributed by atoms with E-state index in [-0.39, 0.29) is 17.6 Å². The van der Waals surface area contributed by atoms with Crippen LogP contribution in [0.3, 0.4) is 0 Å². The van der Waals surface area contributed by atoms with Gasteiger partial charge in [-0.25, -0.2) is 13.8 Å². The minimum Gasteiger partial charge on any atom is -0.310 e. The molecule has 37 heavy (non-hydrogen) atoms. The summed E-state index contributed by atoms with van der Waals surface area (Å²) >= 11 is 1.52. The Hall–Kier alpha value is -2.68. The summed E-state index contributed by atoms with van der Waals surface area (Å²) in [5.41, 5.74) is 3.80. The molecule has 1 N–H and O–H groups in total. The molecule has 2 aliphatic rings. The lowest BCUT2D eigenvalue weighted by molar-refractivity contribution is 0.0976. The van der Waals surface area contributed by atoms with Gasteiger partial charge in [-0.05, 0) is 87.5 Å². The van der Waals surface area contributed by atoms with Crippen LogP contribution in [-0.2, 0) is 0 Å². The number of likely N-dealkylation sites (tertiary alicyclic amines) is 1. The number of hydrogen-bond donors (Lipinski definition) is 1. The van der Waals surface area contributed by atoms with Gasteiger partial charge in [-0.1, -0.05) is 17.4 Å². The lowest BCUT2D eigenvalue weighted by atomic mass is 10.0. The molecule has 2 saturated heterocycles. The molecular weight excluding hydrogens is 490 g/mol. The summed E-state index contributed by atoms with van der Waals surface area (Å²) in [5, 5.41) is 3.42. The molecular formula is C29H32F2N4OS. The standard InChI is InChI=1S/C29H32F2N4OS/c30-21-10-14-34(15-11-21)13-2-1-5-27(36)20-7-9-26-28(17-20)37-29-33-25(18-35(26)29)22-8-6-19(16-23(22)31)24-4-3-12-32-24/h6-9,16-18,21,24,32H,1-5,10-15H2/t24-/m1/s1. The minimum atomic E-state index is -0.647. The quantitative estimate of drug-likeness (QED) is 0.210. The summed E-state index contributed by atoms with van der Waals surface area (Å²) in [7, 11) is 0. The Morgan fingerprint density at radius 2 is 1.97 bits per heavy atom. The van der Waals surface area contributed by atoms with Gasteiger partial charge in [-0.3, -0.25) is 9.20 Å². The number of imidazole rings is 1. The van der Waals surface area contributed by atoms with Crippen LogP contribution in [-0.4, -0.2) is 52.4 Å². The summed E-state index contributed by atoms with van der Waals surface area (Å²) in [6.45, 7) is 3.56. The number of rotatable bonds is 8. The topological polar surface area (TPSA) is 49.6 Å². The lowest BCUT2D eigenvalue weighted by Gasteiger charge is -2.28. The number of fused-ring (bicyclic) bond motifs is 3. The van der Waals surface area contributed by atoms with Gasteiger partial charge in [-0.2, -0.15) is 0 Å². The average Bonchev–Trinajstić information content (AvgIpc) is 3.64. The fraction of sp³-hybridized carbons (Fsp3) is 0.448. The van der Waals surface area contributed by atoms with Crippen molar-refractivity contribution < 1.29 is 13.6 Å². The molecule has 0 aliphatic carbocycles. The highest BCUT2D eigenvalue weighted by Gasteiger charge is 2.20. The summed E-state index contributed by atoms with van der Waals surface area (Å²) < 4.78 is 31.3. The highest BCUT2D eigenvalue weighted by atomic mass is 32.1. The van der Waals surface area contributed by atoms with Crippen molar-refractivity contribution in [3.05, 3.63) is 59.5 Å². The number of hydrogen-bond acceptors (Lipinski definition) is 5. The van der Waals surface area contributed by atoms with Crippen LogP contribution in [0, 0.1) is 5.82 Å². The second kappa shape index (κ2) is 10.6. The van der Waals surface area contributed by atoms with E-state index in [1.807, 2.05) is 40.9 Å². The largest absolute Gasteiger partial charge is 0.310 e. The smallest absolute Gasteiger partial charge is 0.195 e. The van der Waals surface area contributed by atoms with Crippen molar-refractivity contribution in [2.75, 3.05) is 26.2 Å². The van der Waals surface area contributed by atoms with Crippen molar-refractivity contribution >= 4 is 32.3 Å². The molecule has 4 aromatic rings. The molecule has 0 amide bonds. The molecule has 0 unspecified atom stereocenters. The zero-order chi connectivity index (χ0) is 25.4. The van der Waals surface area contributed by atoms with Crippen LogP contribution in [0.1, 0.15) is 66.9 Å². The Labute approximate surface area is 219 Å². The zero-order valence-corrected chi connectivity index (χ0v) is 21.7. The fourth-order valence-corrected chi connectivity index (χ4v) is 6.67. The SMILES string of the molecule is O=C(CCCCN1CCC(F)CC1)c1ccc2c(c1)sc1nc(-c3ccc([C@H]4CCCN4)cc3F)cn12. The number of piperidine rings is 1. The maximum atomic E-state index is 15.0. The van der Waals surface area contributed by atoms with Crippen molar-refractivity contribution in [1.82, 2.24) is 19.6 Å². The molecule has 194 valence electrons. The normalized spacial score (nSPS) is 19.4. The molecule has 2 aromatic carbocycles. The third-order valence-corrected chi connectivity index (χ3v) is 8.81. The number of ketones is 1. The van der Waals surface area contributed by atoms with Gasteiger partial charge < -0.3 is 10.2 Å².